The van der Waals surface area contributed by atoms with Gasteiger partial charge in [0.1, 0.15) is 17.0 Å². The summed E-state index contributed by atoms with van der Waals surface area (Å²) in [7, 11) is 1.63. The number of pyridine rings is 1. The molecular weight excluding hydrogens is 422 g/mol. The molecular formula is C25H25N3O3S. The van der Waals surface area contributed by atoms with Crippen molar-refractivity contribution in [2.45, 2.75) is 26.8 Å². The summed E-state index contributed by atoms with van der Waals surface area (Å²) in [5, 5.41) is 0.646. The van der Waals surface area contributed by atoms with Gasteiger partial charge in [-0.05, 0) is 54.8 Å². The maximum Gasteiger partial charge on any atom is 0.233 e. The Hall–Kier alpha value is -3.45. The van der Waals surface area contributed by atoms with Gasteiger partial charge in [-0.1, -0.05) is 35.6 Å². The Kier molecular flexibility index (Phi) is 6.66. The highest BCUT2D eigenvalue weighted by Gasteiger charge is 2.22. The zero-order valence-electron chi connectivity index (χ0n) is 18.4. The van der Waals surface area contributed by atoms with Crippen LogP contribution in [0, 0.1) is 6.92 Å². The summed E-state index contributed by atoms with van der Waals surface area (Å²) in [5.41, 5.74) is 3.74. The molecule has 0 fully saturated rings. The molecule has 0 N–H and O–H groups in total. The lowest BCUT2D eigenvalue weighted by molar-refractivity contribution is -0.118. The number of amides is 1. The third-order valence-electron chi connectivity index (χ3n) is 5.10. The first-order valence-corrected chi connectivity index (χ1v) is 11.3. The highest BCUT2D eigenvalue weighted by atomic mass is 32.1. The van der Waals surface area contributed by atoms with Crippen LogP contribution in [-0.4, -0.2) is 29.6 Å². The van der Waals surface area contributed by atoms with Crippen molar-refractivity contribution in [1.82, 2.24) is 9.97 Å². The Morgan fingerprint density at radius 3 is 2.59 bits per heavy atom. The molecule has 0 saturated heterocycles. The number of fused-ring (bicyclic) bond motifs is 1. The molecule has 0 spiro atoms. The van der Waals surface area contributed by atoms with Gasteiger partial charge in [0.15, 0.2) is 5.13 Å². The lowest BCUT2D eigenvalue weighted by Gasteiger charge is -2.20. The molecule has 0 radical (unpaired) electrons. The number of carbonyl (C=O) groups excluding carboxylic acids is 1. The monoisotopic (exact) mass is 447 g/mol. The van der Waals surface area contributed by atoms with Crippen molar-refractivity contribution in [2.24, 2.45) is 0 Å². The van der Waals surface area contributed by atoms with Crippen molar-refractivity contribution in [2.75, 3.05) is 18.6 Å². The van der Waals surface area contributed by atoms with Crippen molar-refractivity contribution in [3.8, 4) is 11.5 Å². The second-order valence-corrected chi connectivity index (χ2v) is 8.33. The number of aromatic nitrogens is 2. The van der Waals surface area contributed by atoms with Gasteiger partial charge in [-0.3, -0.25) is 14.7 Å². The number of hydrogen-bond acceptors (Lipinski definition) is 6. The number of benzene rings is 2. The van der Waals surface area contributed by atoms with E-state index in [1.807, 2.05) is 62.4 Å². The number of rotatable bonds is 8. The van der Waals surface area contributed by atoms with E-state index < -0.39 is 0 Å². The van der Waals surface area contributed by atoms with Crippen molar-refractivity contribution < 1.29 is 14.3 Å². The summed E-state index contributed by atoms with van der Waals surface area (Å²) in [6.07, 6.45) is 3.76. The number of anilines is 1. The van der Waals surface area contributed by atoms with E-state index in [2.05, 4.69) is 4.98 Å². The van der Waals surface area contributed by atoms with Crippen molar-refractivity contribution >= 4 is 32.6 Å². The van der Waals surface area contributed by atoms with Gasteiger partial charge in [-0.25, -0.2) is 4.98 Å². The highest BCUT2D eigenvalue weighted by molar-refractivity contribution is 7.22. The molecule has 0 aliphatic heterocycles. The number of nitrogens with zero attached hydrogens (tertiary/aromatic N) is 3. The average molecular weight is 448 g/mol. The number of hydrogen-bond donors (Lipinski definition) is 0. The summed E-state index contributed by atoms with van der Waals surface area (Å²) in [6.45, 7) is 4.99. The SMILES string of the molecule is CCOc1ccc(CC(=O)N(Cc2cccnc2)c2nc3c(OC)ccc(C)c3s2)cc1. The molecule has 0 atom stereocenters. The molecule has 7 heteroatoms. The molecule has 0 aliphatic rings. The lowest BCUT2D eigenvalue weighted by atomic mass is 10.1. The molecule has 0 saturated carbocycles. The van der Waals surface area contributed by atoms with Gasteiger partial charge in [0, 0.05) is 12.4 Å². The van der Waals surface area contributed by atoms with Crippen LogP contribution in [0.1, 0.15) is 23.6 Å². The van der Waals surface area contributed by atoms with Crippen LogP contribution in [0.2, 0.25) is 0 Å². The van der Waals surface area contributed by atoms with E-state index in [4.69, 9.17) is 14.5 Å². The van der Waals surface area contributed by atoms with Crippen LogP contribution in [-0.2, 0) is 17.8 Å². The third kappa shape index (κ3) is 4.73. The fourth-order valence-corrected chi connectivity index (χ4v) is 4.52. The Labute approximate surface area is 191 Å². The molecule has 2 aromatic heterocycles. The molecule has 1 amide bonds. The number of aryl methyl sites for hydroxylation is 1. The van der Waals surface area contributed by atoms with Crippen LogP contribution in [0.25, 0.3) is 10.2 Å². The van der Waals surface area contributed by atoms with E-state index in [1.54, 1.807) is 24.4 Å². The molecule has 4 aromatic rings. The topological polar surface area (TPSA) is 64.5 Å². The highest BCUT2D eigenvalue weighted by Crippen LogP contribution is 2.37. The second-order valence-electron chi connectivity index (χ2n) is 7.35. The minimum atomic E-state index is -0.0336. The minimum absolute atomic E-state index is 0.0336. The van der Waals surface area contributed by atoms with Crippen LogP contribution in [0.4, 0.5) is 5.13 Å². The first-order valence-electron chi connectivity index (χ1n) is 10.4. The van der Waals surface area contributed by atoms with Gasteiger partial charge in [-0.2, -0.15) is 0 Å². The summed E-state index contributed by atoms with van der Waals surface area (Å²) in [5.74, 6) is 1.46. The average Bonchev–Trinajstić information content (AvgIpc) is 3.26. The molecule has 32 heavy (non-hydrogen) atoms. The summed E-state index contributed by atoms with van der Waals surface area (Å²) in [4.78, 5) is 24.2. The molecule has 0 aliphatic carbocycles. The standard InChI is InChI=1S/C25H25N3O3S/c1-4-31-20-10-8-18(9-11-20)14-22(29)28(16-19-6-5-13-26-15-19)25-27-23-21(30-3)12-7-17(2)24(23)32-25/h5-13,15H,4,14,16H2,1-3H3. The summed E-state index contributed by atoms with van der Waals surface area (Å²) < 4.78 is 12.0. The van der Waals surface area contributed by atoms with Crippen LogP contribution < -0.4 is 14.4 Å². The smallest absolute Gasteiger partial charge is 0.233 e. The third-order valence-corrected chi connectivity index (χ3v) is 6.31. The van der Waals surface area contributed by atoms with Crippen LogP contribution >= 0.6 is 11.3 Å². The zero-order valence-corrected chi connectivity index (χ0v) is 19.2. The summed E-state index contributed by atoms with van der Waals surface area (Å²) in [6, 6.07) is 15.4. The van der Waals surface area contributed by atoms with E-state index in [-0.39, 0.29) is 12.3 Å². The molecule has 6 nitrogen and oxygen atoms in total. The van der Waals surface area contributed by atoms with E-state index in [9.17, 15) is 4.79 Å². The van der Waals surface area contributed by atoms with Gasteiger partial charge in [0.25, 0.3) is 0 Å². The predicted octanol–water partition coefficient (Wildman–Crippen LogP) is 5.18. The molecule has 164 valence electrons. The van der Waals surface area contributed by atoms with Gasteiger partial charge >= 0.3 is 0 Å². The maximum absolute atomic E-state index is 13.5. The molecule has 0 unspecified atom stereocenters. The number of carbonyl (C=O) groups is 1. The van der Waals surface area contributed by atoms with Gasteiger partial charge in [0.05, 0.1) is 31.4 Å². The number of methoxy groups -OCH3 is 1. The molecule has 2 aromatic carbocycles. The summed E-state index contributed by atoms with van der Waals surface area (Å²) >= 11 is 1.50. The predicted molar refractivity (Wildman–Crippen MR) is 128 cm³/mol. The number of thiazole rings is 1. The maximum atomic E-state index is 13.5. The number of ether oxygens (including phenoxy) is 2. The minimum Gasteiger partial charge on any atom is -0.494 e. The van der Waals surface area contributed by atoms with Gasteiger partial charge < -0.3 is 9.47 Å². The zero-order chi connectivity index (χ0) is 22.5. The lowest BCUT2D eigenvalue weighted by Crippen LogP contribution is -2.31. The van der Waals surface area contributed by atoms with E-state index in [0.717, 1.165) is 32.7 Å². The largest absolute Gasteiger partial charge is 0.494 e. The van der Waals surface area contributed by atoms with Gasteiger partial charge in [-0.15, -0.1) is 0 Å². The molecule has 2 heterocycles. The fraction of sp³-hybridized carbons (Fsp3) is 0.240. The van der Waals surface area contributed by atoms with Gasteiger partial charge in [0.2, 0.25) is 5.91 Å². The molecule has 0 bridgehead atoms. The quantitative estimate of drug-likeness (QED) is 0.372. The van der Waals surface area contributed by atoms with Crippen LogP contribution in [0.5, 0.6) is 11.5 Å². The van der Waals surface area contributed by atoms with Crippen molar-refractivity contribution in [3.63, 3.8) is 0 Å². The Morgan fingerprint density at radius 2 is 1.91 bits per heavy atom. The Bertz CT molecular complexity index is 1210. The van der Waals surface area contributed by atoms with Crippen LogP contribution in [0.15, 0.2) is 60.9 Å². The Morgan fingerprint density at radius 1 is 1.09 bits per heavy atom. The van der Waals surface area contributed by atoms with Crippen molar-refractivity contribution in [1.29, 1.82) is 0 Å². The molecule has 4 rings (SSSR count). The second kappa shape index (κ2) is 9.78. The van der Waals surface area contributed by atoms with E-state index >= 15 is 0 Å². The normalized spacial score (nSPS) is 10.8. The first-order chi connectivity index (χ1) is 15.6. The first kappa shape index (κ1) is 21.8. The van der Waals surface area contributed by atoms with Crippen LogP contribution in [0.3, 0.4) is 0 Å². The van der Waals surface area contributed by atoms with Crippen molar-refractivity contribution in [3.05, 3.63) is 77.6 Å². The fourth-order valence-electron chi connectivity index (χ4n) is 3.46. The van der Waals surface area contributed by atoms with E-state index in [0.29, 0.717) is 24.0 Å². The van der Waals surface area contributed by atoms with E-state index in [1.165, 1.54) is 11.3 Å². The Balaban J connectivity index is 1.68.